The smallest absolute Gasteiger partial charge is 0.293 e. The molecule has 132 valence electrons. The van der Waals surface area contributed by atoms with E-state index in [1.807, 2.05) is 0 Å². The largest absolute Gasteiger partial charge is 0.366 e. The monoisotopic (exact) mass is 353 g/mol. The summed E-state index contributed by atoms with van der Waals surface area (Å²) >= 11 is 0. The number of nitro benzene ring substituents is 1. The molecule has 0 spiro atoms. The van der Waals surface area contributed by atoms with E-state index in [1.54, 1.807) is 6.07 Å². The summed E-state index contributed by atoms with van der Waals surface area (Å²) in [6.07, 6.45) is 6.02. The molecule has 0 bridgehead atoms. The van der Waals surface area contributed by atoms with Crippen LogP contribution in [-0.4, -0.2) is 33.5 Å². The van der Waals surface area contributed by atoms with Crippen molar-refractivity contribution in [3.05, 3.63) is 28.3 Å². The fourth-order valence-corrected chi connectivity index (χ4v) is 4.77. The van der Waals surface area contributed by atoms with Gasteiger partial charge in [0.2, 0.25) is 10.0 Å². The molecule has 1 saturated heterocycles. The Hall–Kier alpha value is -1.67. The van der Waals surface area contributed by atoms with E-state index in [0.29, 0.717) is 11.6 Å². The first-order valence-corrected chi connectivity index (χ1v) is 9.87. The molecule has 1 aliphatic heterocycles. The number of sulfonamides is 1. The Morgan fingerprint density at radius 3 is 2.58 bits per heavy atom. The highest BCUT2D eigenvalue weighted by Crippen LogP contribution is 2.40. The Kier molecular flexibility index (Phi) is 4.78. The minimum Gasteiger partial charge on any atom is -0.366 e. The second-order valence-electron chi connectivity index (χ2n) is 6.65. The fourth-order valence-electron chi connectivity index (χ4n) is 4.02. The molecule has 8 heteroatoms. The van der Waals surface area contributed by atoms with Gasteiger partial charge >= 0.3 is 0 Å². The molecule has 0 radical (unpaired) electrons. The van der Waals surface area contributed by atoms with E-state index in [0.717, 1.165) is 31.5 Å². The molecular formula is C16H23N3O4S. The fraction of sp³-hybridized carbons (Fsp3) is 0.625. The Morgan fingerprint density at radius 2 is 1.92 bits per heavy atom. The highest BCUT2D eigenvalue weighted by Gasteiger charge is 2.33. The van der Waals surface area contributed by atoms with Crippen LogP contribution in [0.25, 0.3) is 0 Å². The van der Waals surface area contributed by atoms with Gasteiger partial charge in [-0.2, -0.15) is 0 Å². The first-order chi connectivity index (χ1) is 11.4. The van der Waals surface area contributed by atoms with Crippen LogP contribution in [0, 0.1) is 22.0 Å². The van der Waals surface area contributed by atoms with Gasteiger partial charge in [0, 0.05) is 19.2 Å². The minimum absolute atomic E-state index is 0.0759. The zero-order chi connectivity index (χ0) is 17.3. The third-order valence-electron chi connectivity index (χ3n) is 5.35. The van der Waals surface area contributed by atoms with Crippen LogP contribution >= 0.6 is 0 Å². The van der Waals surface area contributed by atoms with Crippen molar-refractivity contribution in [1.82, 2.24) is 4.72 Å². The molecule has 2 aliphatic rings. The van der Waals surface area contributed by atoms with Gasteiger partial charge < -0.3 is 4.90 Å². The molecule has 1 heterocycles. The summed E-state index contributed by atoms with van der Waals surface area (Å²) in [5.41, 5.74) is 0.389. The topological polar surface area (TPSA) is 92.6 Å². The molecule has 1 aromatic rings. The van der Waals surface area contributed by atoms with E-state index in [2.05, 4.69) is 9.62 Å². The molecule has 24 heavy (non-hydrogen) atoms. The molecule has 0 unspecified atom stereocenters. The lowest BCUT2D eigenvalue weighted by atomic mass is 9.75. The third-order valence-corrected chi connectivity index (χ3v) is 6.77. The molecular weight excluding hydrogens is 330 g/mol. The van der Waals surface area contributed by atoms with Crippen LogP contribution in [0.1, 0.15) is 32.1 Å². The Balaban J connectivity index is 1.91. The van der Waals surface area contributed by atoms with Crippen LogP contribution in [0.4, 0.5) is 11.4 Å². The van der Waals surface area contributed by atoms with Crippen LogP contribution in [0.5, 0.6) is 0 Å². The molecule has 7 nitrogen and oxygen atoms in total. The van der Waals surface area contributed by atoms with Crippen LogP contribution < -0.4 is 9.62 Å². The number of hydrogen-bond donors (Lipinski definition) is 1. The maximum absolute atomic E-state index is 11.9. The van der Waals surface area contributed by atoms with Gasteiger partial charge in [-0.3, -0.25) is 10.1 Å². The van der Waals surface area contributed by atoms with Crippen molar-refractivity contribution >= 4 is 21.4 Å². The number of anilines is 1. The highest BCUT2D eigenvalue weighted by molar-refractivity contribution is 7.89. The summed E-state index contributed by atoms with van der Waals surface area (Å²) in [4.78, 5) is 13.0. The third kappa shape index (κ3) is 3.25. The normalized spacial score (nSPS) is 24.5. The van der Waals surface area contributed by atoms with Gasteiger partial charge in [0.05, 0.1) is 9.82 Å². The number of hydrogen-bond acceptors (Lipinski definition) is 5. The summed E-state index contributed by atoms with van der Waals surface area (Å²) in [5.74, 6) is 1.32. The minimum atomic E-state index is -3.69. The predicted molar refractivity (Wildman–Crippen MR) is 91.6 cm³/mol. The molecule has 0 amide bonds. The van der Waals surface area contributed by atoms with Crippen molar-refractivity contribution in [2.75, 3.05) is 25.0 Å². The Bertz CT molecular complexity index is 735. The summed E-state index contributed by atoms with van der Waals surface area (Å²) in [7, 11) is -2.40. The quantitative estimate of drug-likeness (QED) is 0.663. The van der Waals surface area contributed by atoms with Crippen molar-refractivity contribution in [2.24, 2.45) is 11.8 Å². The summed E-state index contributed by atoms with van der Waals surface area (Å²) in [6, 6.07) is 4.18. The van der Waals surface area contributed by atoms with E-state index in [-0.39, 0.29) is 10.6 Å². The van der Waals surface area contributed by atoms with Crippen LogP contribution in [0.15, 0.2) is 23.1 Å². The van der Waals surface area contributed by atoms with Gasteiger partial charge in [0.25, 0.3) is 5.69 Å². The first-order valence-electron chi connectivity index (χ1n) is 8.39. The summed E-state index contributed by atoms with van der Waals surface area (Å²) in [6.45, 7) is 1.61. The Morgan fingerprint density at radius 1 is 1.21 bits per heavy atom. The van der Waals surface area contributed by atoms with Crippen LogP contribution in [-0.2, 0) is 10.0 Å². The lowest BCUT2D eigenvalue weighted by Crippen LogP contribution is -2.42. The van der Waals surface area contributed by atoms with E-state index in [4.69, 9.17) is 0 Å². The molecule has 3 rings (SSSR count). The van der Waals surface area contributed by atoms with Gasteiger partial charge in [0.15, 0.2) is 0 Å². The second-order valence-corrected chi connectivity index (χ2v) is 8.54. The van der Waals surface area contributed by atoms with E-state index < -0.39 is 14.9 Å². The van der Waals surface area contributed by atoms with Gasteiger partial charge in [-0.25, -0.2) is 13.1 Å². The van der Waals surface area contributed by atoms with Crippen molar-refractivity contribution in [3.63, 3.8) is 0 Å². The summed E-state index contributed by atoms with van der Waals surface area (Å²) in [5, 5.41) is 11.5. The number of benzene rings is 1. The van der Waals surface area contributed by atoms with Crippen molar-refractivity contribution in [3.8, 4) is 0 Å². The SMILES string of the molecule is CNS(=O)(=O)c1ccc(N2CC[C@@H]3CCCC[C@@H]3C2)c([N+](=O)[O-])c1. The number of rotatable bonds is 4. The zero-order valence-electron chi connectivity index (χ0n) is 13.8. The van der Waals surface area contributed by atoms with Crippen molar-refractivity contribution in [2.45, 2.75) is 37.0 Å². The number of piperidine rings is 1. The lowest BCUT2D eigenvalue weighted by molar-refractivity contribution is -0.384. The number of nitro groups is 1. The van der Waals surface area contributed by atoms with Crippen LogP contribution in [0.3, 0.4) is 0 Å². The highest BCUT2D eigenvalue weighted by atomic mass is 32.2. The average Bonchev–Trinajstić information content (AvgIpc) is 2.60. The average molecular weight is 353 g/mol. The first kappa shape index (κ1) is 17.2. The number of nitrogens with zero attached hydrogens (tertiary/aromatic N) is 2. The van der Waals surface area contributed by atoms with Gasteiger partial charge in [-0.05, 0) is 43.9 Å². The number of nitrogens with one attached hydrogen (secondary N) is 1. The summed E-state index contributed by atoms with van der Waals surface area (Å²) < 4.78 is 26.0. The van der Waals surface area contributed by atoms with Gasteiger partial charge in [-0.1, -0.05) is 19.3 Å². The maximum Gasteiger partial charge on any atom is 0.293 e. The zero-order valence-corrected chi connectivity index (χ0v) is 14.6. The second kappa shape index (κ2) is 6.68. The molecule has 1 N–H and O–H groups in total. The Labute approximate surface area is 142 Å². The molecule has 2 atom stereocenters. The predicted octanol–water partition coefficient (Wildman–Crippen LogP) is 2.52. The van der Waals surface area contributed by atoms with Crippen molar-refractivity contribution in [1.29, 1.82) is 0 Å². The van der Waals surface area contributed by atoms with Crippen molar-refractivity contribution < 1.29 is 13.3 Å². The van der Waals surface area contributed by atoms with E-state index >= 15 is 0 Å². The van der Waals surface area contributed by atoms with Crippen LogP contribution in [0.2, 0.25) is 0 Å². The molecule has 2 fully saturated rings. The van der Waals surface area contributed by atoms with E-state index in [1.165, 1.54) is 38.8 Å². The molecule has 1 aliphatic carbocycles. The number of fused-ring (bicyclic) bond motifs is 1. The van der Waals surface area contributed by atoms with E-state index in [9.17, 15) is 18.5 Å². The molecule has 1 aromatic carbocycles. The maximum atomic E-state index is 11.9. The van der Waals surface area contributed by atoms with Gasteiger partial charge in [-0.15, -0.1) is 0 Å². The lowest BCUT2D eigenvalue weighted by Gasteiger charge is -2.42. The van der Waals surface area contributed by atoms with Gasteiger partial charge in [0.1, 0.15) is 5.69 Å². The molecule has 1 saturated carbocycles. The standard InChI is InChI=1S/C16H23N3O4S/c1-17-24(22,23)14-6-7-15(16(10-14)19(20)21)18-9-8-12-4-2-3-5-13(12)11-18/h6-7,10,12-13,17H,2-5,8-9,11H2,1H3/t12-,13+/m0/s1. The molecule has 0 aromatic heterocycles.